The Morgan fingerprint density at radius 1 is 0.821 bits per heavy atom. The van der Waals surface area contributed by atoms with Crippen molar-refractivity contribution >= 4 is 23.4 Å². The predicted molar refractivity (Wildman–Crippen MR) is 106 cm³/mol. The largest absolute Gasteiger partial charge is 0.311 e. The Kier molecular flexibility index (Phi) is 4.49. The molecule has 1 heterocycles. The zero-order valence-corrected chi connectivity index (χ0v) is 15.3. The van der Waals surface area contributed by atoms with E-state index in [0.717, 1.165) is 11.3 Å². The topological polar surface area (TPSA) is 57.7 Å². The number of fused-ring (bicyclic) bond motifs is 1. The molecule has 28 heavy (non-hydrogen) atoms. The minimum absolute atomic E-state index is 0.127. The molecular weight excluding hydrogens is 352 g/mol. The summed E-state index contributed by atoms with van der Waals surface area (Å²) in [6.07, 6.45) is 0. The Morgan fingerprint density at radius 3 is 2.07 bits per heavy atom. The van der Waals surface area contributed by atoms with Crippen LogP contribution in [-0.2, 0) is 6.54 Å². The number of rotatable bonds is 4. The average Bonchev–Trinajstić information content (AvgIpc) is 2.98. The first-order chi connectivity index (χ1) is 13.6. The second-order valence-corrected chi connectivity index (χ2v) is 6.64. The summed E-state index contributed by atoms with van der Waals surface area (Å²) in [5.74, 6) is -0.770. The van der Waals surface area contributed by atoms with E-state index in [-0.39, 0.29) is 24.3 Å². The van der Waals surface area contributed by atoms with Crippen LogP contribution in [0, 0.1) is 0 Å². The van der Waals surface area contributed by atoms with Crippen LogP contribution in [0.4, 0.5) is 5.69 Å². The third-order valence-electron chi connectivity index (χ3n) is 4.84. The van der Waals surface area contributed by atoms with Crippen LogP contribution < -0.4 is 4.90 Å². The fourth-order valence-corrected chi connectivity index (χ4v) is 3.33. The van der Waals surface area contributed by atoms with Crippen molar-refractivity contribution in [2.24, 2.45) is 0 Å². The van der Waals surface area contributed by atoms with Crippen LogP contribution in [0.3, 0.4) is 0 Å². The smallest absolute Gasteiger partial charge is 0.261 e. The highest BCUT2D eigenvalue weighted by Crippen LogP contribution is 2.24. The Bertz CT molecular complexity index is 1040. The molecule has 0 saturated carbocycles. The molecule has 0 aliphatic carbocycles. The average molecular weight is 370 g/mol. The van der Waals surface area contributed by atoms with Gasteiger partial charge >= 0.3 is 0 Å². The Labute approximate surface area is 162 Å². The van der Waals surface area contributed by atoms with Gasteiger partial charge in [0.25, 0.3) is 17.7 Å². The molecule has 0 spiro atoms. The van der Waals surface area contributed by atoms with Gasteiger partial charge in [-0.25, -0.2) is 0 Å². The first-order valence-electron chi connectivity index (χ1n) is 8.93. The number of carbonyl (C=O) groups is 3. The highest BCUT2D eigenvalue weighted by atomic mass is 16.2. The summed E-state index contributed by atoms with van der Waals surface area (Å²) in [5, 5.41) is 0. The summed E-state index contributed by atoms with van der Waals surface area (Å²) >= 11 is 0. The molecule has 1 aliphatic heterocycles. The number of benzene rings is 3. The number of nitrogens with zero attached hydrogens (tertiary/aromatic N) is 2. The van der Waals surface area contributed by atoms with Crippen LogP contribution in [0.15, 0.2) is 78.9 Å². The summed E-state index contributed by atoms with van der Waals surface area (Å²) in [4.78, 5) is 40.7. The minimum atomic E-state index is -0.307. The lowest BCUT2D eigenvalue weighted by Gasteiger charge is -2.18. The molecule has 0 bridgehead atoms. The van der Waals surface area contributed by atoms with Crippen molar-refractivity contribution < 1.29 is 14.4 Å². The third kappa shape index (κ3) is 3.07. The van der Waals surface area contributed by atoms with E-state index in [0.29, 0.717) is 16.7 Å². The van der Waals surface area contributed by atoms with Gasteiger partial charge in [-0.05, 0) is 42.0 Å². The van der Waals surface area contributed by atoms with Crippen molar-refractivity contribution in [1.82, 2.24) is 4.90 Å². The van der Waals surface area contributed by atoms with E-state index in [1.165, 1.54) is 4.90 Å². The van der Waals surface area contributed by atoms with Crippen LogP contribution in [0.1, 0.15) is 36.6 Å². The number of carbonyl (C=O) groups excluding carboxylic acids is 3. The molecule has 0 saturated heterocycles. The lowest BCUT2D eigenvalue weighted by molar-refractivity contribution is 0.0642. The Balaban J connectivity index is 1.56. The first-order valence-corrected chi connectivity index (χ1v) is 8.93. The van der Waals surface area contributed by atoms with Crippen LogP contribution >= 0.6 is 0 Å². The second-order valence-electron chi connectivity index (χ2n) is 6.64. The molecule has 0 aromatic heterocycles. The number of amides is 3. The molecule has 0 N–H and O–H groups in total. The zero-order chi connectivity index (χ0) is 19.7. The fourth-order valence-electron chi connectivity index (χ4n) is 3.33. The van der Waals surface area contributed by atoms with E-state index < -0.39 is 0 Å². The maximum Gasteiger partial charge on any atom is 0.261 e. The molecule has 3 aromatic rings. The van der Waals surface area contributed by atoms with Crippen molar-refractivity contribution in [2.45, 2.75) is 6.54 Å². The number of hydrogen-bond donors (Lipinski definition) is 0. The molecule has 5 nitrogen and oxygen atoms in total. The van der Waals surface area contributed by atoms with Gasteiger partial charge in [0, 0.05) is 18.3 Å². The quantitative estimate of drug-likeness (QED) is 0.657. The first kappa shape index (κ1) is 17.7. The van der Waals surface area contributed by atoms with Crippen LogP contribution in [-0.4, -0.2) is 29.7 Å². The van der Waals surface area contributed by atoms with E-state index in [4.69, 9.17) is 0 Å². The second kappa shape index (κ2) is 7.12. The van der Waals surface area contributed by atoms with Gasteiger partial charge in [-0.2, -0.15) is 0 Å². The normalized spacial score (nSPS) is 12.8. The van der Waals surface area contributed by atoms with Crippen molar-refractivity contribution in [2.75, 3.05) is 11.9 Å². The molecule has 0 fully saturated rings. The molecule has 5 heteroatoms. The molecular formula is C23H18N2O3. The molecule has 0 atom stereocenters. The van der Waals surface area contributed by atoms with Gasteiger partial charge in [0.1, 0.15) is 0 Å². The summed E-state index contributed by atoms with van der Waals surface area (Å²) in [6, 6.07) is 23.2. The molecule has 3 aromatic carbocycles. The van der Waals surface area contributed by atoms with Crippen LogP contribution in [0.2, 0.25) is 0 Å². The minimum Gasteiger partial charge on any atom is -0.311 e. The Morgan fingerprint density at radius 2 is 1.43 bits per heavy atom. The van der Waals surface area contributed by atoms with Gasteiger partial charge in [0.15, 0.2) is 0 Å². The predicted octanol–water partition coefficient (Wildman–Crippen LogP) is 3.76. The zero-order valence-electron chi connectivity index (χ0n) is 15.3. The summed E-state index contributed by atoms with van der Waals surface area (Å²) in [6.45, 7) is 0.127. The van der Waals surface area contributed by atoms with Gasteiger partial charge in [-0.15, -0.1) is 0 Å². The molecule has 0 radical (unpaired) electrons. The summed E-state index contributed by atoms with van der Waals surface area (Å²) < 4.78 is 0. The van der Waals surface area contributed by atoms with Crippen molar-refractivity contribution in [1.29, 1.82) is 0 Å². The maximum atomic E-state index is 12.8. The molecule has 3 amide bonds. The van der Waals surface area contributed by atoms with E-state index in [2.05, 4.69) is 0 Å². The molecule has 4 rings (SSSR count). The van der Waals surface area contributed by atoms with Gasteiger partial charge in [0.05, 0.1) is 17.7 Å². The van der Waals surface area contributed by atoms with Gasteiger partial charge < -0.3 is 4.90 Å². The van der Waals surface area contributed by atoms with E-state index in [9.17, 15) is 14.4 Å². The van der Waals surface area contributed by atoms with E-state index in [1.807, 2.05) is 36.4 Å². The molecule has 138 valence electrons. The standard InChI is InChI=1S/C23H18N2O3/c1-24(18-10-3-2-4-11-18)21(26)17-9-7-8-16(14-17)15-25-22(27)19-12-5-6-13-20(19)23(25)28/h2-14H,15H2,1H3. The van der Waals surface area contributed by atoms with Gasteiger partial charge in [0.2, 0.25) is 0 Å². The summed E-state index contributed by atoms with van der Waals surface area (Å²) in [5.41, 5.74) is 2.85. The van der Waals surface area contributed by atoms with Crippen LogP contribution in [0.5, 0.6) is 0 Å². The van der Waals surface area contributed by atoms with Crippen LogP contribution in [0.25, 0.3) is 0 Å². The van der Waals surface area contributed by atoms with E-state index in [1.54, 1.807) is 54.4 Å². The lowest BCUT2D eigenvalue weighted by atomic mass is 10.1. The molecule has 0 unspecified atom stereocenters. The molecule has 1 aliphatic rings. The number of para-hydroxylation sites is 1. The SMILES string of the molecule is CN(C(=O)c1cccc(CN2C(=O)c3ccccc3C2=O)c1)c1ccccc1. The highest BCUT2D eigenvalue weighted by molar-refractivity contribution is 6.21. The van der Waals surface area contributed by atoms with E-state index >= 15 is 0 Å². The highest BCUT2D eigenvalue weighted by Gasteiger charge is 2.35. The number of anilines is 1. The monoisotopic (exact) mass is 370 g/mol. The number of imide groups is 1. The van der Waals surface area contributed by atoms with Crippen molar-refractivity contribution in [3.05, 3.63) is 101 Å². The number of hydrogen-bond acceptors (Lipinski definition) is 3. The Hall–Kier alpha value is -3.73. The third-order valence-corrected chi connectivity index (χ3v) is 4.84. The van der Waals surface area contributed by atoms with Gasteiger partial charge in [-0.3, -0.25) is 19.3 Å². The lowest BCUT2D eigenvalue weighted by Crippen LogP contribution is -2.29. The maximum absolute atomic E-state index is 12.8. The van der Waals surface area contributed by atoms with Crippen molar-refractivity contribution in [3.8, 4) is 0 Å². The van der Waals surface area contributed by atoms with Crippen molar-refractivity contribution in [3.63, 3.8) is 0 Å². The van der Waals surface area contributed by atoms with Gasteiger partial charge in [-0.1, -0.05) is 42.5 Å². The summed E-state index contributed by atoms with van der Waals surface area (Å²) in [7, 11) is 1.72. The fraction of sp³-hybridized carbons (Fsp3) is 0.0870.